The molecule has 0 N–H and O–H groups in total. The SMILES string of the molecule is CS(=O)(=O)c1ccc(S(=O)(=O)Oc2ccc(F)c(F)c2)cc1. The third-order valence-corrected chi connectivity index (χ3v) is 5.03. The number of halogens is 2. The van der Waals surface area contributed by atoms with Crippen LogP contribution in [-0.2, 0) is 20.0 Å². The van der Waals surface area contributed by atoms with Crippen molar-refractivity contribution in [3.63, 3.8) is 0 Å². The van der Waals surface area contributed by atoms with Crippen LogP contribution < -0.4 is 4.18 Å². The van der Waals surface area contributed by atoms with E-state index in [4.69, 9.17) is 0 Å². The molecule has 0 spiro atoms. The Kier molecular flexibility index (Phi) is 4.21. The third-order valence-electron chi connectivity index (χ3n) is 2.64. The highest BCUT2D eigenvalue weighted by molar-refractivity contribution is 7.90. The van der Waals surface area contributed by atoms with Crippen molar-refractivity contribution in [2.24, 2.45) is 0 Å². The average Bonchev–Trinajstić information content (AvgIpc) is 2.42. The topological polar surface area (TPSA) is 77.5 Å². The quantitative estimate of drug-likeness (QED) is 0.791. The first-order chi connectivity index (χ1) is 10.1. The van der Waals surface area contributed by atoms with Gasteiger partial charge in [-0.25, -0.2) is 17.2 Å². The second kappa shape index (κ2) is 5.65. The van der Waals surface area contributed by atoms with E-state index < -0.39 is 37.3 Å². The van der Waals surface area contributed by atoms with Crippen LogP contribution in [0.3, 0.4) is 0 Å². The summed E-state index contributed by atoms with van der Waals surface area (Å²) >= 11 is 0. The van der Waals surface area contributed by atoms with Crippen LogP contribution in [0.4, 0.5) is 8.78 Å². The lowest BCUT2D eigenvalue weighted by Crippen LogP contribution is -2.10. The minimum Gasteiger partial charge on any atom is -0.379 e. The number of hydrogen-bond acceptors (Lipinski definition) is 5. The van der Waals surface area contributed by atoms with Gasteiger partial charge in [-0.2, -0.15) is 8.42 Å². The van der Waals surface area contributed by atoms with Gasteiger partial charge in [-0.05, 0) is 36.4 Å². The molecule has 2 aromatic carbocycles. The molecular weight excluding hydrogens is 338 g/mol. The Morgan fingerprint density at radius 2 is 1.36 bits per heavy atom. The Morgan fingerprint density at radius 1 is 0.818 bits per heavy atom. The number of sulfone groups is 1. The molecule has 0 aromatic heterocycles. The zero-order valence-electron chi connectivity index (χ0n) is 11.2. The van der Waals surface area contributed by atoms with Gasteiger partial charge < -0.3 is 4.18 Å². The molecule has 0 radical (unpaired) electrons. The minimum absolute atomic E-state index is 0.0562. The summed E-state index contributed by atoms with van der Waals surface area (Å²) < 4.78 is 77.0. The molecule has 0 bridgehead atoms. The molecule has 0 aliphatic heterocycles. The molecule has 0 aliphatic rings. The fourth-order valence-corrected chi connectivity index (χ4v) is 3.11. The predicted octanol–water partition coefficient (Wildman–Crippen LogP) is 2.14. The zero-order valence-corrected chi connectivity index (χ0v) is 12.8. The summed E-state index contributed by atoms with van der Waals surface area (Å²) in [7, 11) is -7.75. The van der Waals surface area contributed by atoms with Gasteiger partial charge in [-0.1, -0.05) is 0 Å². The lowest BCUT2D eigenvalue weighted by atomic mass is 10.3. The number of rotatable bonds is 4. The highest BCUT2D eigenvalue weighted by Gasteiger charge is 2.18. The molecular formula is C13H10F2O5S2. The van der Waals surface area contributed by atoms with Crippen LogP contribution in [-0.4, -0.2) is 23.1 Å². The normalized spacial score (nSPS) is 12.1. The van der Waals surface area contributed by atoms with Crippen LogP contribution in [0.15, 0.2) is 52.3 Å². The van der Waals surface area contributed by atoms with E-state index in [-0.39, 0.29) is 9.79 Å². The fraction of sp³-hybridized carbons (Fsp3) is 0.0769. The van der Waals surface area contributed by atoms with E-state index >= 15 is 0 Å². The number of benzene rings is 2. The molecule has 0 heterocycles. The number of hydrogen-bond donors (Lipinski definition) is 0. The summed E-state index contributed by atoms with van der Waals surface area (Å²) in [4.78, 5) is -0.371. The van der Waals surface area contributed by atoms with Crippen molar-refractivity contribution < 1.29 is 29.8 Å². The largest absolute Gasteiger partial charge is 0.379 e. The van der Waals surface area contributed by atoms with Crippen LogP contribution >= 0.6 is 0 Å². The molecule has 0 atom stereocenters. The summed E-state index contributed by atoms with van der Waals surface area (Å²) in [6.07, 6.45) is 0.980. The van der Waals surface area contributed by atoms with Crippen LogP contribution in [0, 0.1) is 11.6 Å². The van der Waals surface area contributed by atoms with Gasteiger partial charge in [0.25, 0.3) is 0 Å². The Morgan fingerprint density at radius 3 is 1.86 bits per heavy atom. The van der Waals surface area contributed by atoms with Crippen molar-refractivity contribution in [3.05, 3.63) is 54.1 Å². The molecule has 5 nitrogen and oxygen atoms in total. The van der Waals surface area contributed by atoms with Gasteiger partial charge in [-0.3, -0.25) is 0 Å². The predicted molar refractivity (Wildman–Crippen MR) is 73.7 cm³/mol. The molecule has 2 aromatic rings. The van der Waals surface area contributed by atoms with E-state index in [1.54, 1.807) is 0 Å². The molecule has 0 saturated carbocycles. The molecule has 0 aliphatic carbocycles. The first-order valence-corrected chi connectivity index (χ1v) is 9.09. The maximum absolute atomic E-state index is 13.0. The van der Waals surface area contributed by atoms with Gasteiger partial charge in [0, 0.05) is 12.3 Å². The van der Waals surface area contributed by atoms with Crippen LogP contribution in [0.5, 0.6) is 5.75 Å². The summed E-state index contributed by atoms with van der Waals surface area (Å²) in [6, 6.07) is 6.59. The van der Waals surface area contributed by atoms with E-state index in [2.05, 4.69) is 4.18 Å². The molecule has 9 heteroatoms. The first kappa shape index (κ1) is 16.4. The average molecular weight is 348 g/mol. The van der Waals surface area contributed by atoms with E-state index in [1.807, 2.05) is 0 Å². The van der Waals surface area contributed by atoms with Gasteiger partial charge in [0.1, 0.15) is 10.6 Å². The Hall–Kier alpha value is -2.00. The van der Waals surface area contributed by atoms with Crippen molar-refractivity contribution in [1.82, 2.24) is 0 Å². The highest BCUT2D eigenvalue weighted by atomic mass is 32.2. The lowest BCUT2D eigenvalue weighted by molar-refractivity contribution is 0.472. The van der Waals surface area contributed by atoms with Crippen molar-refractivity contribution in [1.29, 1.82) is 0 Å². The van der Waals surface area contributed by atoms with Gasteiger partial charge in [0.15, 0.2) is 21.5 Å². The van der Waals surface area contributed by atoms with Crippen molar-refractivity contribution in [3.8, 4) is 5.75 Å². The van der Waals surface area contributed by atoms with Crippen LogP contribution in [0.25, 0.3) is 0 Å². The summed E-state index contributed by atoms with van der Waals surface area (Å²) in [6.45, 7) is 0. The summed E-state index contributed by atoms with van der Waals surface area (Å²) in [5, 5.41) is 0. The standard InChI is InChI=1S/C13H10F2O5S2/c1-21(16,17)10-3-5-11(6-4-10)22(18,19)20-9-2-7-12(14)13(15)8-9/h2-8H,1H3. The van der Waals surface area contributed by atoms with E-state index in [0.29, 0.717) is 6.07 Å². The van der Waals surface area contributed by atoms with Gasteiger partial charge in [0.2, 0.25) is 0 Å². The maximum Gasteiger partial charge on any atom is 0.339 e. The second-order valence-electron chi connectivity index (χ2n) is 4.36. The molecule has 0 unspecified atom stereocenters. The van der Waals surface area contributed by atoms with Crippen molar-refractivity contribution in [2.45, 2.75) is 9.79 Å². The van der Waals surface area contributed by atoms with Gasteiger partial charge in [0.05, 0.1) is 4.90 Å². The summed E-state index contributed by atoms with van der Waals surface area (Å²) in [5.74, 6) is -2.78. The van der Waals surface area contributed by atoms with Gasteiger partial charge in [-0.15, -0.1) is 0 Å². The van der Waals surface area contributed by atoms with Crippen LogP contribution in [0.1, 0.15) is 0 Å². The molecule has 2 rings (SSSR count). The third kappa shape index (κ3) is 3.60. The van der Waals surface area contributed by atoms with E-state index in [0.717, 1.165) is 42.7 Å². The Balaban J connectivity index is 2.32. The van der Waals surface area contributed by atoms with Gasteiger partial charge >= 0.3 is 10.1 Å². The van der Waals surface area contributed by atoms with Crippen LogP contribution in [0.2, 0.25) is 0 Å². The molecule has 118 valence electrons. The Labute approximate surface area is 126 Å². The molecule has 0 amide bonds. The van der Waals surface area contributed by atoms with Crippen molar-refractivity contribution >= 4 is 20.0 Å². The van der Waals surface area contributed by atoms with Crippen molar-refractivity contribution in [2.75, 3.05) is 6.26 Å². The molecule has 0 fully saturated rings. The smallest absolute Gasteiger partial charge is 0.339 e. The Bertz CT molecular complexity index is 904. The van der Waals surface area contributed by atoms with E-state index in [9.17, 15) is 25.6 Å². The van der Waals surface area contributed by atoms with E-state index in [1.165, 1.54) is 0 Å². The lowest BCUT2D eigenvalue weighted by Gasteiger charge is -2.07. The summed E-state index contributed by atoms with van der Waals surface area (Å²) in [5.41, 5.74) is 0. The monoisotopic (exact) mass is 348 g/mol. The molecule has 0 saturated heterocycles. The zero-order chi connectivity index (χ0) is 16.5. The first-order valence-electron chi connectivity index (χ1n) is 5.79. The second-order valence-corrected chi connectivity index (χ2v) is 7.92. The fourth-order valence-electron chi connectivity index (χ4n) is 1.56. The highest BCUT2D eigenvalue weighted by Crippen LogP contribution is 2.22. The molecule has 22 heavy (non-hydrogen) atoms. The minimum atomic E-state index is -4.29. The maximum atomic E-state index is 13.0.